The molecule has 0 bridgehead atoms. The van der Waals surface area contributed by atoms with Crippen molar-refractivity contribution in [1.29, 1.82) is 0 Å². The molecule has 106 valence electrons. The number of carbonyl (C=O) groups excluding carboxylic acids is 1. The van der Waals surface area contributed by atoms with Gasteiger partial charge < -0.3 is 10.6 Å². The highest BCUT2D eigenvalue weighted by atomic mass is 16.2. The molecule has 6 heteroatoms. The number of hydrogen-bond acceptors (Lipinski definition) is 4. The summed E-state index contributed by atoms with van der Waals surface area (Å²) >= 11 is 0. The summed E-state index contributed by atoms with van der Waals surface area (Å²) in [5.74, 6) is 0.365. The Morgan fingerprint density at radius 2 is 2.32 bits per heavy atom. The summed E-state index contributed by atoms with van der Waals surface area (Å²) in [6.07, 6.45) is 4.90. The summed E-state index contributed by atoms with van der Waals surface area (Å²) in [4.78, 5) is 11.9. The maximum atomic E-state index is 11.9. The lowest BCUT2D eigenvalue weighted by molar-refractivity contribution is 0.0942. The second-order valence-electron chi connectivity index (χ2n) is 5.29. The molecule has 2 N–H and O–H groups in total. The van der Waals surface area contributed by atoms with Crippen LogP contribution in [0.2, 0.25) is 0 Å². The van der Waals surface area contributed by atoms with E-state index in [0.29, 0.717) is 24.2 Å². The zero-order valence-electron chi connectivity index (χ0n) is 11.7. The van der Waals surface area contributed by atoms with E-state index in [0.717, 1.165) is 32.4 Å². The molecule has 1 fully saturated rings. The van der Waals surface area contributed by atoms with Crippen LogP contribution in [0.1, 0.15) is 49.6 Å². The average molecular weight is 265 g/mol. The first-order valence-corrected chi connectivity index (χ1v) is 7.11. The maximum absolute atomic E-state index is 11.9. The lowest BCUT2D eigenvalue weighted by atomic mass is 10.1. The molecule has 19 heavy (non-hydrogen) atoms. The van der Waals surface area contributed by atoms with Gasteiger partial charge in [0.1, 0.15) is 0 Å². The number of hydrogen-bond donors (Lipinski definition) is 2. The van der Waals surface area contributed by atoms with Crippen molar-refractivity contribution in [3.8, 4) is 0 Å². The van der Waals surface area contributed by atoms with Crippen LogP contribution < -0.4 is 10.6 Å². The highest BCUT2D eigenvalue weighted by molar-refractivity contribution is 5.91. The third kappa shape index (κ3) is 3.76. The molecule has 1 amide bonds. The third-order valence-electron chi connectivity index (χ3n) is 3.73. The van der Waals surface area contributed by atoms with Gasteiger partial charge >= 0.3 is 0 Å². The van der Waals surface area contributed by atoms with E-state index in [1.165, 1.54) is 0 Å². The van der Waals surface area contributed by atoms with Gasteiger partial charge in [0.2, 0.25) is 0 Å². The van der Waals surface area contributed by atoms with E-state index in [1.807, 2.05) is 4.68 Å². The highest BCUT2D eigenvalue weighted by Crippen LogP contribution is 2.16. The van der Waals surface area contributed by atoms with Crippen molar-refractivity contribution in [2.45, 2.75) is 39.2 Å². The number of amides is 1. The summed E-state index contributed by atoms with van der Waals surface area (Å²) in [5, 5.41) is 14.3. The lowest BCUT2D eigenvalue weighted by Gasteiger charge is -2.22. The lowest BCUT2D eigenvalue weighted by Crippen LogP contribution is -2.30. The van der Waals surface area contributed by atoms with E-state index in [2.05, 4.69) is 34.8 Å². The van der Waals surface area contributed by atoms with Crippen molar-refractivity contribution in [3.63, 3.8) is 0 Å². The van der Waals surface area contributed by atoms with E-state index in [1.54, 1.807) is 6.20 Å². The first kappa shape index (κ1) is 14.0. The number of rotatable bonds is 5. The average Bonchev–Trinajstić information content (AvgIpc) is 2.95. The standard InChI is InChI=1S/C13H23N5O/c1-3-10(2)8-15-13(19)12-9-18(17-16-12)11-4-6-14-7-5-11/h9-11,14H,3-8H2,1-2H3,(H,15,19). The van der Waals surface area contributed by atoms with Crippen LogP contribution in [0.5, 0.6) is 0 Å². The molecule has 2 heterocycles. The Labute approximate surface area is 113 Å². The SMILES string of the molecule is CCC(C)CNC(=O)c1cn(C2CCNCC2)nn1. The van der Waals surface area contributed by atoms with E-state index >= 15 is 0 Å². The monoisotopic (exact) mass is 265 g/mol. The molecular formula is C13H23N5O. The van der Waals surface area contributed by atoms with Crippen molar-refractivity contribution in [1.82, 2.24) is 25.6 Å². The molecule has 1 aromatic rings. The van der Waals surface area contributed by atoms with Crippen molar-refractivity contribution in [3.05, 3.63) is 11.9 Å². The van der Waals surface area contributed by atoms with Crippen LogP contribution in [0.15, 0.2) is 6.20 Å². The zero-order valence-corrected chi connectivity index (χ0v) is 11.7. The predicted molar refractivity (Wildman–Crippen MR) is 73.0 cm³/mol. The Hall–Kier alpha value is -1.43. The van der Waals surface area contributed by atoms with E-state index in [4.69, 9.17) is 0 Å². The predicted octanol–water partition coefficient (Wildman–Crippen LogP) is 0.978. The molecule has 0 radical (unpaired) electrons. The number of piperidine rings is 1. The van der Waals surface area contributed by atoms with E-state index in [9.17, 15) is 4.79 Å². The quantitative estimate of drug-likeness (QED) is 0.832. The molecule has 6 nitrogen and oxygen atoms in total. The Morgan fingerprint density at radius 1 is 1.58 bits per heavy atom. The molecule has 0 aromatic carbocycles. The van der Waals surface area contributed by atoms with Gasteiger partial charge in [0.05, 0.1) is 12.2 Å². The molecule has 1 atom stereocenters. The van der Waals surface area contributed by atoms with Gasteiger partial charge in [0.25, 0.3) is 5.91 Å². The molecule has 1 aromatic heterocycles. The Kier molecular flexibility index (Phi) is 4.90. The fraction of sp³-hybridized carbons (Fsp3) is 0.769. The first-order valence-electron chi connectivity index (χ1n) is 7.11. The highest BCUT2D eigenvalue weighted by Gasteiger charge is 2.18. The second kappa shape index (κ2) is 6.65. The number of nitrogens with zero attached hydrogens (tertiary/aromatic N) is 3. The summed E-state index contributed by atoms with van der Waals surface area (Å²) in [7, 11) is 0. The Balaban J connectivity index is 1.90. The molecule has 2 rings (SSSR count). The van der Waals surface area contributed by atoms with Gasteiger partial charge in [0.15, 0.2) is 5.69 Å². The van der Waals surface area contributed by atoms with Crippen molar-refractivity contribution >= 4 is 5.91 Å². The largest absolute Gasteiger partial charge is 0.350 e. The van der Waals surface area contributed by atoms with Gasteiger partial charge in [-0.3, -0.25) is 4.79 Å². The summed E-state index contributed by atoms with van der Waals surface area (Å²) in [6.45, 7) is 6.92. The normalized spacial score (nSPS) is 18.2. The minimum Gasteiger partial charge on any atom is -0.350 e. The molecular weight excluding hydrogens is 242 g/mol. The maximum Gasteiger partial charge on any atom is 0.273 e. The fourth-order valence-electron chi connectivity index (χ4n) is 2.13. The minimum absolute atomic E-state index is 0.125. The molecule has 1 aliphatic heterocycles. The molecule has 1 aliphatic rings. The van der Waals surface area contributed by atoms with Crippen LogP contribution in [-0.4, -0.2) is 40.5 Å². The molecule has 1 saturated heterocycles. The fourth-order valence-corrected chi connectivity index (χ4v) is 2.13. The van der Waals surface area contributed by atoms with Crippen LogP contribution >= 0.6 is 0 Å². The number of aromatic nitrogens is 3. The van der Waals surface area contributed by atoms with Gasteiger partial charge in [-0.05, 0) is 31.8 Å². The smallest absolute Gasteiger partial charge is 0.273 e. The van der Waals surface area contributed by atoms with Gasteiger partial charge in [-0.1, -0.05) is 25.5 Å². The minimum atomic E-state index is -0.125. The van der Waals surface area contributed by atoms with Crippen molar-refractivity contribution in [2.75, 3.05) is 19.6 Å². The molecule has 1 unspecified atom stereocenters. The third-order valence-corrected chi connectivity index (χ3v) is 3.73. The van der Waals surface area contributed by atoms with E-state index < -0.39 is 0 Å². The number of carbonyl (C=O) groups is 1. The van der Waals surface area contributed by atoms with Gasteiger partial charge in [-0.2, -0.15) is 0 Å². The van der Waals surface area contributed by atoms with Crippen LogP contribution in [0.4, 0.5) is 0 Å². The Bertz CT molecular complexity index is 411. The van der Waals surface area contributed by atoms with Crippen molar-refractivity contribution in [2.24, 2.45) is 5.92 Å². The zero-order chi connectivity index (χ0) is 13.7. The van der Waals surface area contributed by atoms with Gasteiger partial charge in [-0.15, -0.1) is 5.10 Å². The first-order chi connectivity index (χ1) is 9.20. The van der Waals surface area contributed by atoms with Gasteiger partial charge in [0, 0.05) is 6.54 Å². The summed E-state index contributed by atoms with van der Waals surface area (Å²) < 4.78 is 1.83. The van der Waals surface area contributed by atoms with Crippen molar-refractivity contribution < 1.29 is 4.79 Å². The summed E-state index contributed by atoms with van der Waals surface area (Å²) in [5.41, 5.74) is 0.418. The molecule has 0 spiro atoms. The van der Waals surface area contributed by atoms with Gasteiger partial charge in [-0.25, -0.2) is 4.68 Å². The van der Waals surface area contributed by atoms with E-state index in [-0.39, 0.29) is 5.91 Å². The molecule has 0 aliphatic carbocycles. The number of nitrogens with one attached hydrogen (secondary N) is 2. The summed E-state index contributed by atoms with van der Waals surface area (Å²) in [6, 6.07) is 0.366. The van der Waals surface area contributed by atoms with Crippen LogP contribution in [0, 0.1) is 5.92 Å². The van der Waals surface area contributed by atoms with Crippen LogP contribution in [-0.2, 0) is 0 Å². The van der Waals surface area contributed by atoms with Crippen LogP contribution in [0.3, 0.4) is 0 Å². The molecule has 0 saturated carbocycles. The topological polar surface area (TPSA) is 71.8 Å². The second-order valence-corrected chi connectivity index (χ2v) is 5.29. The van der Waals surface area contributed by atoms with Crippen LogP contribution in [0.25, 0.3) is 0 Å². The Morgan fingerprint density at radius 3 is 3.00 bits per heavy atom.